The predicted octanol–water partition coefficient (Wildman–Crippen LogP) is 9.07. The first-order valence-corrected chi connectivity index (χ1v) is 11.5. The Balaban J connectivity index is 2.20. The Bertz CT molecular complexity index is 1140. The summed E-state index contributed by atoms with van der Waals surface area (Å²) in [5, 5.41) is 0. The fourth-order valence-corrected chi connectivity index (χ4v) is 4.19. The van der Waals surface area contributed by atoms with Crippen molar-refractivity contribution in [1.29, 1.82) is 0 Å². The van der Waals surface area contributed by atoms with Crippen molar-refractivity contribution in [3.63, 3.8) is 0 Å². The molecular formula is C31H36O. The minimum atomic E-state index is 0.559. The molecule has 0 unspecified atom stereocenters. The standard InChI is InChI=1S/C31H36O/c1-21(2)16-24-12-15-31(32-7)30(19-24)29-14-13-26(20-27(29)18-23(5)6)28-11-9-8-10-25(28)17-22(3)4/h8-17,19-20,23H,18H2,1-7H3. The van der Waals surface area contributed by atoms with Crippen LogP contribution in [0.25, 0.3) is 34.4 Å². The maximum Gasteiger partial charge on any atom is 0.126 e. The van der Waals surface area contributed by atoms with E-state index in [0.29, 0.717) is 5.92 Å². The number of rotatable bonds is 7. The lowest BCUT2D eigenvalue weighted by atomic mass is 9.88. The van der Waals surface area contributed by atoms with E-state index in [-0.39, 0.29) is 0 Å². The van der Waals surface area contributed by atoms with Crippen molar-refractivity contribution in [1.82, 2.24) is 0 Å². The second-order valence-electron chi connectivity index (χ2n) is 9.46. The van der Waals surface area contributed by atoms with Gasteiger partial charge in [-0.05, 0) is 85.5 Å². The second kappa shape index (κ2) is 10.5. The summed E-state index contributed by atoms with van der Waals surface area (Å²) in [5.74, 6) is 1.47. The fraction of sp³-hybridized carbons (Fsp3) is 0.290. The van der Waals surface area contributed by atoms with Crippen LogP contribution in [0.3, 0.4) is 0 Å². The Labute approximate surface area is 194 Å². The first kappa shape index (κ1) is 23.6. The number of ether oxygens (including phenoxy) is 1. The van der Waals surface area contributed by atoms with Gasteiger partial charge in [0.05, 0.1) is 7.11 Å². The molecule has 0 spiro atoms. The third kappa shape index (κ3) is 5.79. The van der Waals surface area contributed by atoms with Gasteiger partial charge in [0.1, 0.15) is 5.75 Å². The Morgan fingerprint density at radius 3 is 2.16 bits per heavy atom. The Morgan fingerprint density at radius 1 is 0.781 bits per heavy atom. The molecule has 0 saturated heterocycles. The van der Waals surface area contributed by atoms with Crippen LogP contribution in [0.2, 0.25) is 0 Å². The van der Waals surface area contributed by atoms with E-state index in [1.165, 1.54) is 44.5 Å². The lowest BCUT2D eigenvalue weighted by Gasteiger charge is -2.18. The Morgan fingerprint density at radius 2 is 1.50 bits per heavy atom. The van der Waals surface area contributed by atoms with Gasteiger partial charge in [-0.15, -0.1) is 0 Å². The first-order valence-electron chi connectivity index (χ1n) is 11.5. The molecular weight excluding hydrogens is 388 g/mol. The molecule has 0 aliphatic carbocycles. The van der Waals surface area contributed by atoms with Crippen LogP contribution in [0, 0.1) is 5.92 Å². The topological polar surface area (TPSA) is 9.23 Å². The molecule has 0 bridgehead atoms. The molecule has 0 aliphatic heterocycles. The van der Waals surface area contributed by atoms with Gasteiger partial charge >= 0.3 is 0 Å². The second-order valence-corrected chi connectivity index (χ2v) is 9.46. The smallest absolute Gasteiger partial charge is 0.126 e. The van der Waals surface area contributed by atoms with Crippen LogP contribution in [0.5, 0.6) is 5.75 Å². The minimum Gasteiger partial charge on any atom is -0.496 e. The van der Waals surface area contributed by atoms with Gasteiger partial charge in [-0.3, -0.25) is 0 Å². The van der Waals surface area contributed by atoms with Crippen LogP contribution in [0.15, 0.2) is 71.8 Å². The highest BCUT2D eigenvalue weighted by atomic mass is 16.5. The average Bonchev–Trinajstić information content (AvgIpc) is 2.73. The fourth-order valence-electron chi connectivity index (χ4n) is 4.19. The summed E-state index contributed by atoms with van der Waals surface area (Å²) < 4.78 is 5.77. The number of methoxy groups -OCH3 is 1. The van der Waals surface area contributed by atoms with E-state index in [4.69, 9.17) is 4.74 Å². The number of benzene rings is 3. The van der Waals surface area contributed by atoms with Crippen LogP contribution < -0.4 is 4.74 Å². The zero-order valence-corrected chi connectivity index (χ0v) is 20.6. The quantitative estimate of drug-likeness (QED) is 0.367. The Hall–Kier alpha value is -3.06. The molecule has 0 radical (unpaired) electrons. The van der Waals surface area contributed by atoms with Gasteiger partial charge in [-0.2, -0.15) is 0 Å². The predicted molar refractivity (Wildman–Crippen MR) is 141 cm³/mol. The summed E-state index contributed by atoms with van der Waals surface area (Å²) in [6, 6.07) is 22.0. The van der Waals surface area contributed by atoms with Crippen molar-refractivity contribution < 1.29 is 4.74 Å². The van der Waals surface area contributed by atoms with Crippen LogP contribution in [0.4, 0.5) is 0 Å². The van der Waals surface area contributed by atoms with Gasteiger partial charge < -0.3 is 4.74 Å². The number of allylic oxidation sites excluding steroid dienone is 2. The van der Waals surface area contributed by atoms with Crippen LogP contribution >= 0.6 is 0 Å². The van der Waals surface area contributed by atoms with Gasteiger partial charge in [0.15, 0.2) is 0 Å². The Kier molecular flexibility index (Phi) is 7.75. The monoisotopic (exact) mass is 424 g/mol. The van der Waals surface area contributed by atoms with Gasteiger partial charge in [0.25, 0.3) is 0 Å². The third-order valence-electron chi connectivity index (χ3n) is 5.42. The molecule has 1 heteroatoms. The van der Waals surface area contributed by atoms with E-state index in [1.54, 1.807) is 7.11 Å². The van der Waals surface area contributed by atoms with Crippen molar-refractivity contribution in [3.8, 4) is 28.0 Å². The minimum absolute atomic E-state index is 0.559. The maximum atomic E-state index is 5.77. The molecule has 0 N–H and O–H groups in total. The van der Waals surface area contributed by atoms with Gasteiger partial charge in [-0.25, -0.2) is 0 Å². The van der Waals surface area contributed by atoms with E-state index < -0.39 is 0 Å². The highest BCUT2D eigenvalue weighted by molar-refractivity contribution is 5.82. The summed E-state index contributed by atoms with van der Waals surface area (Å²) in [4.78, 5) is 0. The molecule has 0 aliphatic rings. The molecule has 0 heterocycles. The SMILES string of the molecule is COc1ccc(C=C(C)C)cc1-c1ccc(-c2ccccc2C=C(C)C)cc1CC(C)C. The molecule has 0 aromatic heterocycles. The van der Waals surface area contributed by atoms with Gasteiger partial charge in [-0.1, -0.05) is 85.7 Å². The molecule has 3 aromatic rings. The molecule has 0 fully saturated rings. The molecule has 32 heavy (non-hydrogen) atoms. The normalized spacial score (nSPS) is 10.8. The van der Waals surface area contributed by atoms with Crippen LogP contribution in [-0.2, 0) is 6.42 Å². The number of hydrogen-bond acceptors (Lipinski definition) is 1. The van der Waals surface area contributed by atoms with Crippen molar-refractivity contribution >= 4 is 12.2 Å². The van der Waals surface area contributed by atoms with Crippen molar-refractivity contribution in [2.24, 2.45) is 5.92 Å². The number of hydrogen-bond donors (Lipinski definition) is 0. The highest BCUT2D eigenvalue weighted by Gasteiger charge is 2.14. The lowest BCUT2D eigenvalue weighted by molar-refractivity contribution is 0.416. The van der Waals surface area contributed by atoms with E-state index in [9.17, 15) is 0 Å². The van der Waals surface area contributed by atoms with E-state index >= 15 is 0 Å². The zero-order valence-electron chi connectivity index (χ0n) is 20.6. The maximum absolute atomic E-state index is 5.77. The van der Waals surface area contributed by atoms with Crippen LogP contribution in [-0.4, -0.2) is 7.11 Å². The zero-order chi connectivity index (χ0) is 23.3. The summed E-state index contributed by atoms with van der Waals surface area (Å²) in [5.41, 5.74) is 11.4. The molecule has 166 valence electrons. The molecule has 1 nitrogen and oxygen atoms in total. The van der Waals surface area contributed by atoms with Crippen molar-refractivity contribution in [3.05, 3.63) is 88.5 Å². The highest BCUT2D eigenvalue weighted by Crippen LogP contribution is 2.37. The lowest BCUT2D eigenvalue weighted by Crippen LogP contribution is -1.99. The molecule has 0 atom stereocenters. The van der Waals surface area contributed by atoms with Crippen molar-refractivity contribution in [2.45, 2.75) is 48.0 Å². The van der Waals surface area contributed by atoms with Gasteiger partial charge in [0.2, 0.25) is 0 Å². The van der Waals surface area contributed by atoms with E-state index in [1.807, 2.05) is 0 Å². The van der Waals surface area contributed by atoms with E-state index in [2.05, 4.69) is 114 Å². The largest absolute Gasteiger partial charge is 0.496 e. The first-order chi connectivity index (χ1) is 15.3. The average molecular weight is 425 g/mol. The summed E-state index contributed by atoms with van der Waals surface area (Å²) in [7, 11) is 1.76. The summed E-state index contributed by atoms with van der Waals surface area (Å²) in [6.07, 6.45) is 5.50. The van der Waals surface area contributed by atoms with Crippen molar-refractivity contribution in [2.75, 3.05) is 7.11 Å². The molecule has 0 amide bonds. The van der Waals surface area contributed by atoms with Crippen LogP contribution in [0.1, 0.15) is 58.2 Å². The molecule has 3 rings (SSSR count). The third-order valence-corrected chi connectivity index (χ3v) is 5.42. The van der Waals surface area contributed by atoms with E-state index in [0.717, 1.165) is 17.7 Å². The van der Waals surface area contributed by atoms with Gasteiger partial charge in [0, 0.05) is 5.56 Å². The summed E-state index contributed by atoms with van der Waals surface area (Å²) >= 11 is 0. The molecule has 0 saturated carbocycles. The molecule has 3 aromatic carbocycles. The summed E-state index contributed by atoms with van der Waals surface area (Å²) in [6.45, 7) is 13.1.